The maximum Gasteiger partial charge on any atom is 0.191 e. The smallest absolute Gasteiger partial charge is 0.191 e. The first kappa shape index (κ1) is 14.0. The molecular weight excluding hydrogens is 240 g/mol. The maximum absolute atomic E-state index is 9.63. The molecule has 0 aliphatic heterocycles. The van der Waals surface area contributed by atoms with E-state index >= 15 is 0 Å². The number of likely N-dealkylation sites (N-methyl/N-ethyl adjacent to an activating group) is 1. The van der Waals surface area contributed by atoms with Gasteiger partial charge in [0.05, 0.1) is 12.7 Å². The van der Waals surface area contributed by atoms with Crippen LogP contribution in [0.5, 0.6) is 0 Å². The van der Waals surface area contributed by atoms with Crippen molar-refractivity contribution in [2.24, 2.45) is 0 Å². The normalized spacial score (nSPS) is 12.5. The molecule has 1 heterocycles. The Balaban J connectivity index is 2.74. The van der Waals surface area contributed by atoms with E-state index in [0.29, 0.717) is 29.9 Å². The number of hydrogen-bond acceptors (Lipinski definition) is 7. The molecule has 0 amide bonds. The van der Waals surface area contributed by atoms with Crippen molar-refractivity contribution in [2.75, 3.05) is 44.2 Å². The lowest BCUT2D eigenvalue weighted by Crippen LogP contribution is -2.32. The highest BCUT2D eigenvalue weighted by atomic mass is 32.2. The van der Waals surface area contributed by atoms with Gasteiger partial charge in [-0.2, -0.15) is 0 Å². The Hall–Kier alpha value is -1.05. The van der Waals surface area contributed by atoms with Gasteiger partial charge in [0.25, 0.3) is 0 Å². The van der Waals surface area contributed by atoms with E-state index in [1.807, 2.05) is 18.2 Å². The van der Waals surface area contributed by atoms with E-state index in [-0.39, 0.29) is 0 Å². The molecule has 6 nitrogen and oxygen atoms in total. The van der Waals surface area contributed by atoms with Gasteiger partial charge in [0, 0.05) is 26.8 Å². The van der Waals surface area contributed by atoms with Crippen molar-refractivity contribution >= 4 is 23.4 Å². The molecule has 0 saturated carbocycles. The molecule has 17 heavy (non-hydrogen) atoms. The number of thioether (sulfide) groups is 1. The summed E-state index contributed by atoms with van der Waals surface area (Å²) in [5.74, 6) is 1.12. The zero-order valence-corrected chi connectivity index (χ0v) is 11.1. The van der Waals surface area contributed by atoms with Crippen molar-refractivity contribution in [1.82, 2.24) is 9.97 Å². The van der Waals surface area contributed by atoms with Crippen molar-refractivity contribution in [3.8, 4) is 0 Å². The number of aliphatic hydroxyl groups is 1. The fourth-order valence-electron chi connectivity index (χ4n) is 1.37. The summed E-state index contributed by atoms with van der Waals surface area (Å²) in [7, 11) is 3.39. The van der Waals surface area contributed by atoms with Crippen LogP contribution < -0.4 is 10.6 Å². The first-order chi connectivity index (χ1) is 8.06. The fraction of sp³-hybridized carbons (Fsp3) is 0.600. The van der Waals surface area contributed by atoms with Gasteiger partial charge in [-0.05, 0) is 6.26 Å². The number of aromatic nitrogens is 2. The zero-order valence-electron chi connectivity index (χ0n) is 10.3. The third kappa shape index (κ3) is 4.37. The number of nitrogens with zero attached hydrogens (tertiary/aromatic N) is 3. The van der Waals surface area contributed by atoms with Crippen LogP contribution in [0.2, 0.25) is 0 Å². The van der Waals surface area contributed by atoms with E-state index < -0.39 is 6.10 Å². The third-order valence-electron chi connectivity index (χ3n) is 2.13. The van der Waals surface area contributed by atoms with Crippen molar-refractivity contribution in [2.45, 2.75) is 11.3 Å². The molecule has 0 aliphatic rings. The third-order valence-corrected chi connectivity index (χ3v) is 2.68. The summed E-state index contributed by atoms with van der Waals surface area (Å²) in [4.78, 5) is 10.2. The number of rotatable bonds is 6. The van der Waals surface area contributed by atoms with Gasteiger partial charge in [-0.1, -0.05) is 11.8 Å². The maximum atomic E-state index is 9.63. The Kier molecular flexibility index (Phi) is 5.46. The molecule has 1 unspecified atom stereocenters. The lowest BCUT2D eigenvalue weighted by atomic mass is 10.3. The van der Waals surface area contributed by atoms with Crippen molar-refractivity contribution in [1.29, 1.82) is 0 Å². The first-order valence-electron chi connectivity index (χ1n) is 5.13. The standard InChI is InChI=1S/C10H18N4O2S/c1-14(5-7(15)6-16-2)9-4-8(11)12-10(13-9)17-3/h4,7,15H,5-6H2,1-3H3,(H2,11,12,13). The van der Waals surface area contributed by atoms with E-state index in [2.05, 4.69) is 9.97 Å². The molecule has 0 aromatic carbocycles. The minimum atomic E-state index is -0.557. The summed E-state index contributed by atoms with van der Waals surface area (Å²) in [6, 6.07) is 1.68. The van der Waals surface area contributed by atoms with E-state index in [0.717, 1.165) is 0 Å². The Labute approximate surface area is 105 Å². The lowest BCUT2D eigenvalue weighted by Gasteiger charge is -2.21. The summed E-state index contributed by atoms with van der Waals surface area (Å²) in [6.45, 7) is 0.721. The van der Waals surface area contributed by atoms with Crippen LogP contribution in [0.3, 0.4) is 0 Å². The fourth-order valence-corrected chi connectivity index (χ4v) is 1.75. The van der Waals surface area contributed by atoms with Crippen LogP contribution in [0.4, 0.5) is 11.6 Å². The van der Waals surface area contributed by atoms with Gasteiger partial charge < -0.3 is 20.5 Å². The average molecular weight is 258 g/mol. The van der Waals surface area contributed by atoms with Crippen LogP contribution in [0.25, 0.3) is 0 Å². The van der Waals surface area contributed by atoms with Crippen molar-refractivity contribution < 1.29 is 9.84 Å². The molecule has 0 spiro atoms. The second kappa shape index (κ2) is 6.63. The largest absolute Gasteiger partial charge is 0.389 e. The topological polar surface area (TPSA) is 84.5 Å². The van der Waals surface area contributed by atoms with Gasteiger partial charge in [-0.15, -0.1) is 0 Å². The molecule has 0 radical (unpaired) electrons. The first-order valence-corrected chi connectivity index (χ1v) is 6.36. The number of nitrogens with two attached hydrogens (primary N) is 1. The van der Waals surface area contributed by atoms with Gasteiger partial charge in [-0.25, -0.2) is 9.97 Å². The highest BCUT2D eigenvalue weighted by Crippen LogP contribution is 2.17. The van der Waals surface area contributed by atoms with E-state index in [4.69, 9.17) is 10.5 Å². The van der Waals surface area contributed by atoms with E-state index in [1.165, 1.54) is 11.8 Å². The van der Waals surface area contributed by atoms with Crippen LogP contribution in [0, 0.1) is 0 Å². The molecule has 1 atom stereocenters. The summed E-state index contributed by atoms with van der Waals surface area (Å²) in [6.07, 6.45) is 1.33. The van der Waals surface area contributed by atoms with Crippen LogP contribution in [0.15, 0.2) is 11.2 Å². The van der Waals surface area contributed by atoms with Crippen molar-refractivity contribution in [3.63, 3.8) is 0 Å². The minimum Gasteiger partial charge on any atom is -0.389 e. The average Bonchev–Trinajstić information content (AvgIpc) is 2.28. The second-order valence-electron chi connectivity index (χ2n) is 3.63. The van der Waals surface area contributed by atoms with Gasteiger partial charge in [0.1, 0.15) is 11.6 Å². The monoisotopic (exact) mass is 258 g/mol. The predicted octanol–water partition coefficient (Wildman–Crippen LogP) is 0.224. The molecular formula is C10H18N4O2S. The Morgan fingerprint density at radius 1 is 1.59 bits per heavy atom. The summed E-state index contributed by atoms with van der Waals surface area (Å²) in [5, 5.41) is 10.2. The van der Waals surface area contributed by atoms with Gasteiger partial charge in [0.15, 0.2) is 5.16 Å². The number of methoxy groups -OCH3 is 1. The Morgan fingerprint density at radius 2 is 2.29 bits per heavy atom. The molecule has 0 bridgehead atoms. The van der Waals surface area contributed by atoms with Crippen LogP contribution in [-0.2, 0) is 4.74 Å². The molecule has 7 heteroatoms. The molecule has 1 rings (SSSR count). The SMILES string of the molecule is COCC(O)CN(C)c1cc(N)nc(SC)n1. The Morgan fingerprint density at radius 3 is 2.88 bits per heavy atom. The molecule has 0 aliphatic carbocycles. The lowest BCUT2D eigenvalue weighted by molar-refractivity contribution is 0.0694. The number of aliphatic hydroxyl groups excluding tert-OH is 1. The number of hydrogen-bond donors (Lipinski definition) is 2. The van der Waals surface area contributed by atoms with Crippen LogP contribution >= 0.6 is 11.8 Å². The number of nitrogen functional groups attached to an aromatic ring is 1. The van der Waals surface area contributed by atoms with Crippen LogP contribution in [-0.4, -0.2) is 54.7 Å². The van der Waals surface area contributed by atoms with E-state index in [1.54, 1.807) is 13.2 Å². The van der Waals surface area contributed by atoms with Crippen molar-refractivity contribution in [3.05, 3.63) is 6.07 Å². The van der Waals surface area contributed by atoms with Gasteiger partial charge in [0.2, 0.25) is 0 Å². The van der Waals surface area contributed by atoms with E-state index in [9.17, 15) is 5.11 Å². The Bertz CT molecular complexity index is 364. The second-order valence-corrected chi connectivity index (χ2v) is 4.40. The molecule has 0 fully saturated rings. The van der Waals surface area contributed by atoms with Gasteiger partial charge in [-0.3, -0.25) is 0 Å². The van der Waals surface area contributed by atoms with Crippen LogP contribution in [0.1, 0.15) is 0 Å². The summed E-state index contributed by atoms with van der Waals surface area (Å²) in [5.41, 5.74) is 5.68. The summed E-state index contributed by atoms with van der Waals surface area (Å²) >= 11 is 1.43. The zero-order chi connectivity index (χ0) is 12.8. The quantitative estimate of drug-likeness (QED) is 0.558. The van der Waals surface area contributed by atoms with Gasteiger partial charge >= 0.3 is 0 Å². The number of ether oxygens (including phenoxy) is 1. The highest BCUT2D eigenvalue weighted by Gasteiger charge is 2.11. The predicted molar refractivity (Wildman–Crippen MR) is 69.4 cm³/mol. The minimum absolute atomic E-state index is 0.292. The summed E-state index contributed by atoms with van der Waals surface area (Å²) < 4.78 is 4.87. The molecule has 1 aromatic heterocycles. The molecule has 1 aromatic rings. The molecule has 0 saturated heterocycles. The molecule has 96 valence electrons. The highest BCUT2D eigenvalue weighted by molar-refractivity contribution is 7.98. The number of anilines is 2. The molecule has 3 N–H and O–H groups in total.